The number of aromatic nitrogens is 1. The molecule has 1 N–H and O–H groups in total. The van der Waals surface area contributed by atoms with Gasteiger partial charge in [0.1, 0.15) is 0 Å². The van der Waals surface area contributed by atoms with Crippen molar-refractivity contribution in [1.29, 1.82) is 0 Å². The number of halogens is 1. The van der Waals surface area contributed by atoms with Gasteiger partial charge in [-0.05, 0) is 57.8 Å². The van der Waals surface area contributed by atoms with Gasteiger partial charge in [0.05, 0.1) is 8.93 Å². The van der Waals surface area contributed by atoms with Crippen LogP contribution < -0.4 is 5.32 Å². The van der Waals surface area contributed by atoms with Gasteiger partial charge in [0, 0.05) is 12.4 Å². The zero-order valence-corrected chi connectivity index (χ0v) is 12.0. The van der Waals surface area contributed by atoms with E-state index in [1.807, 2.05) is 18.5 Å². The van der Waals surface area contributed by atoms with Gasteiger partial charge >= 0.3 is 0 Å². The second-order valence-electron chi connectivity index (χ2n) is 3.46. The van der Waals surface area contributed by atoms with E-state index in [-0.39, 0.29) is 6.04 Å². The summed E-state index contributed by atoms with van der Waals surface area (Å²) in [6.07, 6.45) is 3.74. The Labute approximate surface area is 113 Å². The molecule has 2 rings (SSSR count). The SMILES string of the molecule is CCNC(c1cccnc1)c1csc(I)c1. The van der Waals surface area contributed by atoms with Crippen molar-refractivity contribution >= 4 is 33.9 Å². The molecule has 0 aliphatic carbocycles. The van der Waals surface area contributed by atoms with E-state index in [1.165, 1.54) is 14.0 Å². The predicted molar refractivity (Wildman–Crippen MR) is 76.8 cm³/mol. The van der Waals surface area contributed by atoms with Crippen molar-refractivity contribution in [3.63, 3.8) is 0 Å². The van der Waals surface area contributed by atoms with Crippen LogP contribution in [0.3, 0.4) is 0 Å². The quantitative estimate of drug-likeness (QED) is 0.860. The van der Waals surface area contributed by atoms with Crippen LogP contribution in [0.25, 0.3) is 0 Å². The van der Waals surface area contributed by atoms with E-state index in [1.54, 1.807) is 11.3 Å². The van der Waals surface area contributed by atoms with E-state index in [0.717, 1.165) is 6.54 Å². The van der Waals surface area contributed by atoms with Gasteiger partial charge in [-0.15, -0.1) is 11.3 Å². The number of hydrogen-bond donors (Lipinski definition) is 1. The summed E-state index contributed by atoms with van der Waals surface area (Å²) in [5.74, 6) is 0. The maximum Gasteiger partial charge on any atom is 0.0656 e. The van der Waals surface area contributed by atoms with E-state index in [2.05, 4.69) is 57.3 Å². The standard InChI is InChI=1S/C12H13IN2S/c1-2-15-12(9-4-3-5-14-7-9)10-6-11(13)16-8-10/h3-8,12,15H,2H2,1H3. The Balaban J connectivity index is 2.31. The number of pyridine rings is 1. The number of nitrogens with zero attached hydrogens (tertiary/aromatic N) is 1. The molecule has 0 aliphatic heterocycles. The molecule has 4 heteroatoms. The summed E-state index contributed by atoms with van der Waals surface area (Å²) in [4.78, 5) is 4.18. The Hall–Kier alpha value is -0.460. The Morgan fingerprint density at radius 1 is 1.50 bits per heavy atom. The highest BCUT2D eigenvalue weighted by atomic mass is 127. The average molecular weight is 344 g/mol. The number of hydrogen-bond acceptors (Lipinski definition) is 3. The highest BCUT2D eigenvalue weighted by Gasteiger charge is 2.14. The lowest BCUT2D eigenvalue weighted by atomic mass is 10.0. The zero-order valence-electron chi connectivity index (χ0n) is 8.98. The third-order valence-corrected chi connectivity index (χ3v) is 4.15. The molecule has 0 spiro atoms. The minimum Gasteiger partial charge on any atom is -0.306 e. The number of rotatable bonds is 4. The fourth-order valence-corrected chi connectivity index (χ4v) is 3.05. The van der Waals surface area contributed by atoms with E-state index in [0.29, 0.717) is 0 Å². The van der Waals surface area contributed by atoms with E-state index in [4.69, 9.17) is 0 Å². The smallest absolute Gasteiger partial charge is 0.0656 e. The first-order chi connectivity index (χ1) is 7.81. The zero-order chi connectivity index (χ0) is 11.4. The van der Waals surface area contributed by atoms with Crippen LogP contribution >= 0.6 is 33.9 Å². The minimum absolute atomic E-state index is 0.262. The third kappa shape index (κ3) is 2.81. The molecule has 0 saturated heterocycles. The van der Waals surface area contributed by atoms with Crippen LogP contribution in [0, 0.1) is 2.88 Å². The molecule has 1 atom stereocenters. The van der Waals surface area contributed by atoms with Crippen LogP contribution in [-0.2, 0) is 0 Å². The molecule has 2 heterocycles. The first kappa shape index (κ1) is 12.0. The van der Waals surface area contributed by atoms with Crippen molar-refractivity contribution in [2.24, 2.45) is 0 Å². The summed E-state index contributed by atoms with van der Waals surface area (Å²) in [6, 6.07) is 6.59. The monoisotopic (exact) mass is 344 g/mol. The molecule has 0 saturated carbocycles. The molecule has 2 aromatic heterocycles. The average Bonchev–Trinajstić information content (AvgIpc) is 2.74. The van der Waals surface area contributed by atoms with Crippen molar-refractivity contribution < 1.29 is 0 Å². The molecule has 84 valence electrons. The Morgan fingerprint density at radius 3 is 2.94 bits per heavy atom. The Kier molecular flexibility index (Phi) is 4.31. The molecule has 0 fully saturated rings. The van der Waals surface area contributed by atoms with Crippen molar-refractivity contribution in [2.75, 3.05) is 6.54 Å². The molecule has 0 radical (unpaired) electrons. The number of thiophene rings is 1. The van der Waals surface area contributed by atoms with Gasteiger partial charge < -0.3 is 5.32 Å². The van der Waals surface area contributed by atoms with Crippen LogP contribution in [-0.4, -0.2) is 11.5 Å². The minimum atomic E-state index is 0.262. The fraction of sp³-hybridized carbons (Fsp3) is 0.250. The van der Waals surface area contributed by atoms with Crippen LogP contribution in [0.2, 0.25) is 0 Å². The Bertz CT molecular complexity index is 441. The van der Waals surface area contributed by atoms with Gasteiger partial charge in [0.2, 0.25) is 0 Å². The Morgan fingerprint density at radius 2 is 2.38 bits per heavy atom. The lowest BCUT2D eigenvalue weighted by Gasteiger charge is -2.16. The van der Waals surface area contributed by atoms with Crippen LogP contribution in [0.15, 0.2) is 36.0 Å². The lowest BCUT2D eigenvalue weighted by Crippen LogP contribution is -2.21. The summed E-state index contributed by atoms with van der Waals surface area (Å²) < 4.78 is 1.32. The molecular weight excluding hydrogens is 331 g/mol. The molecule has 16 heavy (non-hydrogen) atoms. The molecule has 0 aromatic carbocycles. The fourth-order valence-electron chi connectivity index (χ4n) is 1.65. The first-order valence-corrected chi connectivity index (χ1v) is 7.14. The molecule has 1 unspecified atom stereocenters. The summed E-state index contributed by atoms with van der Waals surface area (Å²) in [7, 11) is 0. The van der Waals surface area contributed by atoms with Gasteiger partial charge in [0.15, 0.2) is 0 Å². The highest BCUT2D eigenvalue weighted by Crippen LogP contribution is 2.26. The molecular formula is C12H13IN2S. The van der Waals surface area contributed by atoms with E-state index < -0.39 is 0 Å². The van der Waals surface area contributed by atoms with Crippen LogP contribution in [0.4, 0.5) is 0 Å². The first-order valence-electron chi connectivity index (χ1n) is 5.18. The van der Waals surface area contributed by atoms with Gasteiger partial charge in [-0.1, -0.05) is 13.0 Å². The predicted octanol–water partition coefficient (Wildman–Crippen LogP) is 3.45. The largest absolute Gasteiger partial charge is 0.306 e. The summed E-state index contributed by atoms with van der Waals surface area (Å²) in [6.45, 7) is 3.08. The van der Waals surface area contributed by atoms with Crippen LogP contribution in [0.1, 0.15) is 24.1 Å². The lowest BCUT2D eigenvalue weighted by molar-refractivity contribution is 0.630. The van der Waals surface area contributed by atoms with Crippen molar-refractivity contribution in [2.45, 2.75) is 13.0 Å². The van der Waals surface area contributed by atoms with Gasteiger partial charge in [-0.25, -0.2) is 0 Å². The molecule has 0 aliphatic rings. The van der Waals surface area contributed by atoms with Gasteiger partial charge in [-0.3, -0.25) is 4.98 Å². The molecule has 0 amide bonds. The van der Waals surface area contributed by atoms with E-state index >= 15 is 0 Å². The van der Waals surface area contributed by atoms with Gasteiger partial charge in [0.25, 0.3) is 0 Å². The van der Waals surface area contributed by atoms with Crippen molar-refractivity contribution in [1.82, 2.24) is 10.3 Å². The summed E-state index contributed by atoms with van der Waals surface area (Å²) in [5, 5.41) is 5.70. The highest BCUT2D eigenvalue weighted by molar-refractivity contribution is 14.1. The normalized spacial score (nSPS) is 12.6. The van der Waals surface area contributed by atoms with Crippen molar-refractivity contribution in [3.05, 3.63) is 50.0 Å². The summed E-state index contributed by atoms with van der Waals surface area (Å²) in [5.41, 5.74) is 2.54. The molecule has 2 aromatic rings. The topological polar surface area (TPSA) is 24.9 Å². The maximum absolute atomic E-state index is 4.18. The van der Waals surface area contributed by atoms with Crippen LogP contribution in [0.5, 0.6) is 0 Å². The second-order valence-corrected chi connectivity index (χ2v) is 6.27. The summed E-state index contributed by atoms with van der Waals surface area (Å²) >= 11 is 4.14. The second kappa shape index (κ2) is 5.75. The third-order valence-electron chi connectivity index (χ3n) is 2.35. The maximum atomic E-state index is 4.18. The molecule has 2 nitrogen and oxygen atoms in total. The number of nitrogens with one attached hydrogen (secondary N) is 1. The van der Waals surface area contributed by atoms with Gasteiger partial charge in [-0.2, -0.15) is 0 Å². The van der Waals surface area contributed by atoms with Crippen molar-refractivity contribution in [3.8, 4) is 0 Å². The van der Waals surface area contributed by atoms with E-state index in [9.17, 15) is 0 Å². The molecule has 0 bridgehead atoms.